The van der Waals surface area contributed by atoms with Crippen LogP contribution in [-0.2, 0) is 17.3 Å². The van der Waals surface area contributed by atoms with E-state index in [0.717, 1.165) is 11.4 Å². The molecule has 0 saturated heterocycles. The summed E-state index contributed by atoms with van der Waals surface area (Å²) in [5, 5.41) is 13.0. The van der Waals surface area contributed by atoms with Crippen molar-refractivity contribution >= 4 is 5.97 Å². The Morgan fingerprint density at radius 2 is 2.21 bits per heavy atom. The summed E-state index contributed by atoms with van der Waals surface area (Å²) >= 11 is 0. The molecular weight excluding hydrogens is 180 g/mol. The summed E-state index contributed by atoms with van der Waals surface area (Å²) in [6.45, 7) is 5.73. The van der Waals surface area contributed by atoms with E-state index in [-0.39, 0.29) is 11.8 Å². The molecule has 4 nitrogen and oxygen atoms in total. The van der Waals surface area contributed by atoms with Crippen LogP contribution < -0.4 is 0 Å². The molecule has 0 atom stereocenters. The van der Waals surface area contributed by atoms with Crippen molar-refractivity contribution in [3.8, 4) is 0 Å². The zero-order valence-electron chi connectivity index (χ0n) is 9.03. The maximum Gasteiger partial charge on any atom is 0.304 e. The fraction of sp³-hybridized carbons (Fsp3) is 0.600. The van der Waals surface area contributed by atoms with Crippen molar-refractivity contribution in [2.75, 3.05) is 0 Å². The van der Waals surface area contributed by atoms with Crippen molar-refractivity contribution in [2.45, 2.75) is 32.6 Å². The van der Waals surface area contributed by atoms with Gasteiger partial charge >= 0.3 is 5.97 Å². The summed E-state index contributed by atoms with van der Waals surface area (Å²) in [7, 11) is 1.84. The summed E-state index contributed by atoms with van der Waals surface area (Å²) in [6.07, 6.45) is 0.117. The van der Waals surface area contributed by atoms with Gasteiger partial charge in [-0.3, -0.25) is 9.48 Å². The maximum atomic E-state index is 10.7. The number of rotatable bonds is 3. The third-order valence-electron chi connectivity index (χ3n) is 2.29. The molecule has 1 rings (SSSR count). The number of aromatic nitrogens is 2. The predicted molar refractivity (Wildman–Crippen MR) is 53.2 cm³/mol. The molecule has 0 saturated carbocycles. The summed E-state index contributed by atoms with van der Waals surface area (Å²) in [5.74, 6) is -0.783. The van der Waals surface area contributed by atoms with Gasteiger partial charge in [0.2, 0.25) is 0 Å². The van der Waals surface area contributed by atoms with Gasteiger partial charge < -0.3 is 5.11 Å². The second-order valence-corrected chi connectivity index (χ2v) is 4.25. The van der Waals surface area contributed by atoms with Crippen molar-refractivity contribution in [3.05, 3.63) is 17.5 Å². The van der Waals surface area contributed by atoms with E-state index in [2.05, 4.69) is 5.10 Å². The third kappa shape index (κ3) is 2.13. The largest absolute Gasteiger partial charge is 0.481 e. The van der Waals surface area contributed by atoms with Crippen LogP contribution in [0, 0.1) is 6.92 Å². The maximum absolute atomic E-state index is 10.7. The Bertz CT molecular complexity index is 353. The zero-order chi connectivity index (χ0) is 10.9. The molecule has 0 amide bonds. The molecule has 1 aromatic rings. The number of hydrogen-bond acceptors (Lipinski definition) is 2. The van der Waals surface area contributed by atoms with Gasteiger partial charge in [-0.2, -0.15) is 5.10 Å². The number of hydrogen-bond donors (Lipinski definition) is 1. The monoisotopic (exact) mass is 196 g/mol. The number of aryl methyl sites for hydroxylation is 2. The normalized spacial score (nSPS) is 11.7. The van der Waals surface area contributed by atoms with Crippen LogP contribution >= 0.6 is 0 Å². The first-order chi connectivity index (χ1) is 6.33. The Balaban J connectivity index is 3.02. The molecule has 0 spiro atoms. The van der Waals surface area contributed by atoms with Gasteiger partial charge in [0.25, 0.3) is 0 Å². The topological polar surface area (TPSA) is 55.1 Å². The Kier molecular flexibility index (Phi) is 2.64. The van der Waals surface area contributed by atoms with Gasteiger partial charge in [-0.1, -0.05) is 13.8 Å². The van der Waals surface area contributed by atoms with E-state index >= 15 is 0 Å². The highest BCUT2D eigenvalue weighted by molar-refractivity contribution is 5.68. The number of nitrogens with zero attached hydrogens (tertiary/aromatic N) is 2. The summed E-state index contributed by atoms with van der Waals surface area (Å²) in [5.41, 5.74) is 1.50. The molecular formula is C10H16N2O2. The van der Waals surface area contributed by atoms with Gasteiger partial charge in [-0.15, -0.1) is 0 Å². The SMILES string of the molecule is Cc1cc(C(C)(C)CC(=O)O)n(C)n1. The van der Waals surface area contributed by atoms with Crippen molar-refractivity contribution in [2.24, 2.45) is 7.05 Å². The molecule has 1 aromatic heterocycles. The Morgan fingerprint density at radius 1 is 1.64 bits per heavy atom. The second kappa shape index (κ2) is 3.44. The highest BCUT2D eigenvalue weighted by Crippen LogP contribution is 2.26. The molecule has 1 N–H and O–H groups in total. The van der Waals surface area contributed by atoms with Gasteiger partial charge in [0.15, 0.2) is 0 Å². The molecule has 4 heteroatoms. The van der Waals surface area contributed by atoms with E-state index in [1.54, 1.807) is 4.68 Å². The Labute approximate surface area is 83.5 Å². The third-order valence-corrected chi connectivity index (χ3v) is 2.29. The molecule has 0 aliphatic carbocycles. The molecule has 78 valence electrons. The van der Waals surface area contributed by atoms with Crippen LogP contribution in [-0.4, -0.2) is 20.9 Å². The molecule has 0 aliphatic rings. The molecule has 0 radical (unpaired) electrons. The van der Waals surface area contributed by atoms with Crippen molar-refractivity contribution in [1.29, 1.82) is 0 Å². The standard InChI is InChI=1S/C10H16N2O2/c1-7-5-8(12(4)11-7)10(2,3)6-9(13)14/h5H,6H2,1-4H3,(H,13,14). The first-order valence-corrected chi connectivity index (χ1v) is 4.56. The van der Waals surface area contributed by atoms with Gasteiger partial charge in [0.1, 0.15) is 0 Å². The average Bonchev–Trinajstić information content (AvgIpc) is 2.27. The van der Waals surface area contributed by atoms with Crippen LogP contribution in [0.5, 0.6) is 0 Å². The first-order valence-electron chi connectivity index (χ1n) is 4.56. The number of carboxylic acids is 1. The lowest BCUT2D eigenvalue weighted by atomic mass is 9.85. The minimum absolute atomic E-state index is 0.117. The minimum atomic E-state index is -0.783. The number of carboxylic acid groups (broad SMARTS) is 1. The number of carbonyl (C=O) groups is 1. The lowest BCUT2D eigenvalue weighted by Crippen LogP contribution is -2.24. The minimum Gasteiger partial charge on any atom is -0.481 e. The lowest BCUT2D eigenvalue weighted by molar-refractivity contribution is -0.138. The summed E-state index contributed by atoms with van der Waals surface area (Å²) in [6, 6.07) is 1.93. The quantitative estimate of drug-likeness (QED) is 0.796. The zero-order valence-corrected chi connectivity index (χ0v) is 9.03. The molecule has 0 aliphatic heterocycles. The van der Waals surface area contributed by atoms with Crippen LogP contribution in [0.15, 0.2) is 6.07 Å². The summed E-state index contributed by atoms with van der Waals surface area (Å²) < 4.78 is 1.75. The highest BCUT2D eigenvalue weighted by atomic mass is 16.4. The molecule has 0 unspecified atom stereocenters. The summed E-state index contributed by atoms with van der Waals surface area (Å²) in [4.78, 5) is 10.7. The second-order valence-electron chi connectivity index (χ2n) is 4.25. The number of aliphatic carboxylic acids is 1. The lowest BCUT2D eigenvalue weighted by Gasteiger charge is -2.22. The van der Waals surface area contributed by atoms with Crippen LogP contribution in [0.3, 0.4) is 0 Å². The fourth-order valence-electron chi connectivity index (χ4n) is 1.71. The van der Waals surface area contributed by atoms with E-state index in [9.17, 15) is 4.79 Å². The molecule has 0 aromatic carbocycles. The first kappa shape index (κ1) is 10.8. The van der Waals surface area contributed by atoms with E-state index < -0.39 is 5.97 Å². The van der Waals surface area contributed by atoms with Gasteiger partial charge in [0.05, 0.1) is 12.1 Å². The van der Waals surface area contributed by atoms with E-state index in [1.165, 1.54) is 0 Å². The van der Waals surface area contributed by atoms with Crippen LogP contribution in [0.25, 0.3) is 0 Å². The molecule has 14 heavy (non-hydrogen) atoms. The van der Waals surface area contributed by atoms with Crippen molar-refractivity contribution < 1.29 is 9.90 Å². The fourth-order valence-corrected chi connectivity index (χ4v) is 1.71. The molecule has 0 bridgehead atoms. The van der Waals surface area contributed by atoms with E-state index in [4.69, 9.17) is 5.11 Å². The highest BCUT2D eigenvalue weighted by Gasteiger charge is 2.27. The average molecular weight is 196 g/mol. The van der Waals surface area contributed by atoms with E-state index in [1.807, 2.05) is 33.9 Å². The molecule has 0 fully saturated rings. The molecule has 1 heterocycles. The van der Waals surface area contributed by atoms with Crippen LogP contribution in [0.2, 0.25) is 0 Å². The van der Waals surface area contributed by atoms with Gasteiger partial charge in [-0.05, 0) is 13.0 Å². The van der Waals surface area contributed by atoms with Gasteiger partial charge in [0, 0.05) is 18.2 Å². The smallest absolute Gasteiger partial charge is 0.304 e. The van der Waals surface area contributed by atoms with Crippen molar-refractivity contribution in [3.63, 3.8) is 0 Å². The predicted octanol–water partition coefficient (Wildman–Crippen LogP) is 1.48. The Morgan fingerprint density at radius 3 is 2.57 bits per heavy atom. The van der Waals surface area contributed by atoms with Crippen LogP contribution in [0.1, 0.15) is 31.7 Å². The van der Waals surface area contributed by atoms with Gasteiger partial charge in [-0.25, -0.2) is 0 Å². The van der Waals surface area contributed by atoms with Crippen LogP contribution in [0.4, 0.5) is 0 Å². The Hall–Kier alpha value is -1.32. The van der Waals surface area contributed by atoms with E-state index in [0.29, 0.717) is 0 Å². The van der Waals surface area contributed by atoms with Crippen molar-refractivity contribution in [1.82, 2.24) is 9.78 Å².